The molecule has 2 rings (SSSR count). The van der Waals surface area contributed by atoms with Crippen LogP contribution in [0.5, 0.6) is 0 Å². The number of hydrogen-bond acceptors (Lipinski definition) is 3. The molecule has 1 heterocycles. The van der Waals surface area contributed by atoms with Crippen LogP contribution in [0.3, 0.4) is 0 Å². The van der Waals surface area contributed by atoms with Crippen LogP contribution in [0.2, 0.25) is 0 Å². The quantitative estimate of drug-likeness (QED) is 0.910. The molecule has 0 saturated heterocycles. The standard InChI is InChI=1S/C14H11F2NO3S/c1-6-7(2)21-13(10(6)14(19)20)17-12(18)8-4-3-5-9(15)11(8)16/h3-5H,1-2H3,(H,17,18)(H,19,20). The number of aromatic carboxylic acids is 1. The average molecular weight is 311 g/mol. The molecule has 2 aromatic rings. The monoisotopic (exact) mass is 311 g/mol. The predicted octanol–water partition coefficient (Wildman–Crippen LogP) is 3.59. The summed E-state index contributed by atoms with van der Waals surface area (Å²) in [4.78, 5) is 23.9. The second-order valence-corrected chi connectivity index (χ2v) is 5.57. The zero-order valence-corrected chi connectivity index (χ0v) is 12.0. The molecule has 0 aliphatic carbocycles. The van der Waals surface area contributed by atoms with Crippen molar-refractivity contribution in [2.75, 3.05) is 5.32 Å². The van der Waals surface area contributed by atoms with Gasteiger partial charge in [0.2, 0.25) is 0 Å². The molecule has 1 aromatic carbocycles. The van der Waals surface area contributed by atoms with Gasteiger partial charge in [-0.3, -0.25) is 4.79 Å². The lowest BCUT2D eigenvalue weighted by molar-refractivity contribution is 0.0697. The highest BCUT2D eigenvalue weighted by molar-refractivity contribution is 7.16. The molecule has 110 valence electrons. The Morgan fingerprint density at radius 3 is 2.52 bits per heavy atom. The molecule has 1 aromatic heterocycles. The number of anilines is 1. The average Bonchev–Trinajstić information content (AvgIpc) is 2.67. The Morgan fingerprint density at radius 2 is 1.90 bits per heavy atom. The molecule has 7 heteroatoms. The van der Waals surface area contributed by atoms with Crippen LogP contribution in [-0.4, -0.2) is 17.0 Å². The van der Waals surface area contributed by atoms with E-state index in [0.717, 1.165) is 28.3 Å². The molecule has 0 saturated carbocycles. The Labute approximate surface area is 123 Å². The molecule has 1 amide bonds. The summed E-state index contributed by atoms with van der Waals surface area (Å²) >= 11 is 1.07. The number of carboxylic acids is 1. The maximum atomic E-state index is 13.5. The Balaban J connectivity index is 2.39. The topological polar surface area (TPSA) is 66.4 Å². The third-order valence-corrected chi connectivity index (χ3v) is 4.15. The van der Waals surface area contributed by atoms with E-state index in [-0.39, 0.29) is 10.6 Å². The molecule has 0 unspecified atom stereocenters. The van der Waals surface area contributed by atoms with E-state index < -0.39 is 29.1 Å². The number of carbonyl (C=O) groups excluding carboxylic acids is 1. The van der Waals surface area contributed by atoms with Crippen molar-refractivity contribution < 1.29 is 23.5 Å². The zero-order chi connectivity index (χ0) is 15.7. The highest BCUT2D eigenvalue weighted by atomic mass is 32.1. The van der Waals surface area contributed by atoms with Gasteiger partial charge in [-0.05, 0) is 31.5 Å². The number of amides is 1. The number of carbonyl (C=O) groups is 2. The Morgan fingerprint density at radius 1 is 1.24 bits per heavy atom. The maximum Gasteiger partial charge on any atom is 0.338 e. The minimum absolute atomic E-state index is 0.0392. The van der Waals surface area contributed by atoms with Crippen molar-refractivity contribution in [1.82, 2.24) is 0 Å². The minimum Gasteiger partial charge on any atom is -0.478 e. The van der Waals surface area contributed by atoms with E-state index in [1.165, 1.54) is 6.07 Å². The van der Waals surface area contributed by atoms with Gasteiger partial charge in [0.15, 0.2) is 11.6 Å². The number of thiophene rings is 1. The predicted molar refractivity (Wildman–Crippen MR) is 75.1 cm³/mol. The first-order chi connectivity index (χ1) is 9.82. The Kier molecular flexibility index (Phi) is 4.04. The van der Waals surface area contributed by atoms with Crippen LogP contribution in [0, 0.1) is 25.5 Å². The van der Waals surface area contributed by atoms with E-state index in [0.29, 0.717) is 5.56 Å². The van der Waals surface area contributed by atoms with E-state index in [2.05, 4.69) is 5.32 Å². The molecule has 0 aliphatic rings. The summed E-state index contributed by atoms with van der Waals surface area (Å²) in [5.74, 6) is -4.49. The van der Waals surface area contributed by atoms with Crippen molar-refractivity contribution in [2.24, 2.45) is 0 Å². The highest BCUT2D eigenvalue weighted by Crippen LogP contribution is 2.32. The Hall–Kier alpha value is -2.28. The summed E-state index contributed by atoms with van der Waals surface area (Å²) in [5, 5.41) is 11.6. The third kappa shape index (κ3) is 2.78. The summed E-state index contributed by atoms with van der Waals surface area (Å²) in [7, 11) is 0. The van der Waals surface area contributed by atoms with Crippen molar-refractivity contribution in [3.63, 3.8) is 0 Å². The van der Waals surface area contributed by atoms with Crippen LogP contribution in [0.1, 0.15) is 31.2 Å². The van der Waals surface area contributed by atoms with Gasteiger partial charge in [0, 0.05) is 4.88 Å². The number of benzene rings is 1. The molecule has 0 aliphatic heterocycles. The molecule has 0 fully saturated rings. The van der Waals surface area contributed by atoms with E-state index in [4.69, 9.17) is 5.11 Å². The summed E-state index contributed by atoms with van der Waals surface area (Å²) in [6, 6.07) is 3.23. The molecule has 0 atom stereocenters. The molecular formula is C14H11F2NO3S. The van der Waals surface area contributed by atoms with Crippen LogP contribution in [-0.2, 0) is 0 Å². The fourth-order valence-electron chi connectivity index (χ4n) is 1.82. The second kappa shape index (κ2) is 5.61. The molecule has 0 spiro atoms. The Bertz CT molecular complexity index is 740. The second-order valence-electron chi connectivity index (χ2n) is 4.35. The lowest BCUT2D eigenvalue weighted by Gasteiger charge is -2.06. The summed E-state index contributed by atoms with van der Waals surface area (Å²) in [6.45, 7) is 3.33. The number of halogens is 2. The molecule has 0 bridgehead atoms. The van der Waals surface area contributed by atoms with Crippen molar-refractivity contribution in [3.8, 4) is 0 Å². The van der Waals surface area contributed by atoms with Gasteiger partial charge >= 0.3 is 5.97 Å². The number of nitrogens with one attached hydrogen (secondary N) is 1. The van der Waals surface area contributed by atoms with E-state index in [1.54, 1.807) is 13.8 Å². The number of aryl methyl sites for hydroxylation is 1. The lowest BCUT2D eigenvalue weighted by Crippen LogP contribution is -2.15. The number of rotatable bonds is 3. The van der Waals surface area contributed by atoms with E-state index in [9.17, 15) is 18.4 Å². The number of carboxylic acid groups (broad SMARTS) is 1. The van der Waals surface area contributed by atoms with Gasteiger partial charge in [0.05, 0.1) is 11.1 Å². The fraction of sp³-hybridized carbons (Fsp3) is 0.143. The molecule has 21 heavy (non-hydrogen) atoms. The molecule has 4 nitrogen and oxygen atoms in total. The minimum atomic E-state index is -1.27. The van der Waals surface area contributed by atoms with Gasteiger partial charge in [0.25, 0.3) is 5.91 Å². The first-order valence-corrected chi connectivity index (χ1v) is 6.73. The van der Waals surface area contributed by atoms with Gasteiger partial charge in [0.1, 0.15) is 5.00 Å². The van der Waals surface area contributed by atoms with Crippen LogP contribution in [0.25, 0.3) is 0 Å². The van der Waals surface area contributed by atoms with Crippen LogP contribution >= 0.6 is 11.3 Å². The van der Waals surface area contributed by atoms with Crippen molar-refractivity contribution >= 4 is 28.2 Å². The zero-order valence-electron chi connectivity index (χ0n) is 11.2. The van der Waals surface area contributed by atoms with Crippen molar-refractivity contribution in [1.29, 1.82) is 0 Å². The molecular weight excluding hydrogens is 300 g/mol. The van der Waals surface area contributed by atoms with Gasteiger partial charge in [-0.2, -0.15) is 0 Å². The fourth-order valence-corrected chi connectivity index (χ4v) is 2.87. The number of hydrogen-bond donors (Lipinski definition) is 2. The highest BCUT2D eigenvalue weighted by Gasteiger charge is 2.22. The normalized spacial score (nSPS) is 10.5. The van der Waals surface area contributed by atoms with Gasteiger partial charge in [-0.15, -0.1) is 11.3 Å². The van der Waals surface area contributed by atoms with E-state index in [1.807, 2.05) is 0 Å². The first-order valence-electron chi connectivity index (χ1n) is 5.91. The molecule has 2 N–H and O–H groups in total. The smallest absolute Gasteiger partial charge is 0.338 e. The van der Waals surface area contributed by atoms with Gasteiger partial charge in [-0.1, -0.05) is 6.07 Å². The van der Waals surface area contributed by atoms with Crippen molar-refractivity contribution in [3.05, 3.63) is 51.4 Å². The van der Waals surface area contributed by atoms with Crippen LogP contribution in [0.4, 0.5) is 13.8 Å². The van der Waals surface area contributed by atoms with Crippen molar-refractivity contribution in [2.45, 2.75) is 13.8 Å². The van der Waals surface area contributed by atoms with Crippen LogP contribution < -0.4 is 5.32 Å². The van der Waals surface area contributed by atoms with Gasteiger partial charge < -0.3 is 10.4 Å². The summed E-state index contributed by atoms with van der Waals surface area (Å²) in [6.07, 6.45) is 0. The largest absolute Gasteiger partial charge is 0.478 e. The maximum absolute atomic E-state index is 13.5. The lowest BCUT2D eigenvalue weighted by atomic mass is 10.1. The molecule has 0 radical (unpaired) electrons. The summed E-state index contributed by atoms with van der Waals surface area (Å²) in [5.41, 5.74) is 0.0141. The third-order valence-electron chi connectivity index (χ3n) is 3.02. The first kappa shape index (κ1) is 15.1. The summed E-state index contributed by atoms with van der Waals surface area (Å²) < 4.78 is 26.7. The van der Waals surface area contributed by atoms with Gasteiger partial charge in [-0.25, -0.2) is 13.6 Å². The van der Waals surface area contributed by atoms with Crippen LogP contribution in [0.15, 0.2) is 18.2 Å². The SMILES string of the molecule is Cc1sc(NC(=O)c2cccc(F)c2F)c(C(=O)O)c1C. The van der Waals surface area contributed by atoms with E-state index >= 15 is 0 Å².